The molecule has 6 nitrogen and oxygen atoms in total. The van der Waals surface area contributed by atoms with Crippen LogP contribution in [0.4, 0.5) is 0 Å². The number of benzene rings is 1. The monoisotopic (exact) mass is 286 g/mol. The van der Waals surface area contributed by atoms with Crippen LogP contribution in [0.1, 0.15) is 15.9 Å². The number of hydrogen-bond donors (Lipinski definition) is 1. The molecule has 1 aromatic heterocycles. The molecule has 0 bridgehead atoms. The molecule has 1 heterocycles. The van der Waals surface area contributed by atoms with Crippen LogP contribution >= 0.6 is 0 Å². The van der Waals surface area contributed by atoms with Gasteiger partial charge in [-0.1, -0.05) is 0 Å². The summed E-state index contributed by atoms with van der Waals surface area (Å²) in [5.74, 6) is -0.789. The van der Waals surface area contributed by atoms with Crippen LogP contribution in [-0.4, -0.2) is 33.2 Å². The molecule has 108 valence electrons. The molecule has 21 heavy (non-hydrogen) atoms. The molecule has 2 aromatic rings. The van der Waals surface area contributed by atoms with Crippen LogP contribution in [0.25, 0.3) is 6.08 Å². The lowest BCUT2D eigenvalue weighted by atomic mass is 10.1. The topological polar surface area (TPSA) is 81.4 Å². The van der Waals surface area contributed by atoms with Gasteiger partial charge in [0.05, 0.1) is 6.20 Å². The molecule has 6 heteroatoms. The number of carboxylic acids is 1. The third-order valence-corrected chi connectivity index (χ3v) is 2.65. The van der Waals surface area contributed by atoms with Gasteiger partial charge in [-0.25, -0.2) is 4.79 Å². The van der Waals surface area contributed by atoms with Crippen molar-refractivity contribution in [3.05, 3.63) is 53.9 Å². The van der Waals surface area contributed by atoms with Gasteiger partial charge in [-0.05, 0) is 36.4 Å². The predicted octanol–water partition coefficient (Wildman–Crippen LogP) is 1.78. The summed E-state index contributed by atoms with van der Waals surface area (Å²) >= 11 is 0. The number of allylic oxidation sites excluding steroid dienone is 1. The first-order valence-electron chi connectivity index (χ1n) is 6.20. The SMILES string of the molecule is Cn1cc(C=CC(=O)c2ccc(OCC(=O)O)cc2)cn1. The molecule has 0 saturated heterocycles. The number of ether oxygens (including phenoxy) is 1. The summed E-state index contributed by atoms with van der Waals surface area (Å²) < 4.78 is 6.65. The highest BCUT2D eigenvalue weighted by Gasteiger charge is 2.04. The third-order valence-electron chi connectivity index (χ3n) is 2.65. The van der Waals surface area contributed by atoms with Gasteiger partial charge in [-0.3, -0.25) is 9.48 Å². The number of nitrogens with zero attached hydrogens (tertiary/aromatic N) is 2. The molecule has 0 atom stereocenters. The minimum absolute atomic E-state index is 0.149. The maximum Gasteiger partial charge on any atom is 0.341 e. The van der Waals surface area contributed by atoms with E-state index in [1.54, 1.807) is 54.5 Å². The van der Waals surface area contributed by atoms with E-state index in [0.717, 1.165) is 5.56 Å². The van der Waals surface area contributed by atoms with Crippen LogP contribution in [0.2, 0.25) is 0 Å². The van der Waals surface area contributed by atoms with Gasteiger partial charge >= 0.3 is 5.97 Å². The van der Waals surface area contributed by atoms with Crippen LogP contribution in [-0.2, 0) is 11.8 Å². The first-order valence-corrected chi connectivity index (χ1v) is 6.20. The Morgan fingerprint density at radius 2 is 2.05 bits per heavy atom. The molecule has 0 saturated carbocycles. The molecule has 0 aliphatic rings. The number of aryl methyl sites for hydroxylation is 1. The van der Waals surface area contributed by atoms with E-state index in [4.69, 9.17) is 9.84 Å². The van der Waals surface area contributed by atoms with Crippen LogP contribution in [0.5, 0.6) is 5.75 Å². The Hall–Kier alpha value is -2.89. The Morgan fingerprint density at radius 1 is 1.33 bits per heavy atom. The molecule has 2 rings (SSSR count). The van der Waals surface area contributed by atoms with Gasteiger partial charge in [0.15, 0.2) is 12.4 Å². The van der Waals surface area contributed by atoms with E-state index in [-0.39, 0.29) is 5.78 Å². The van der Waals surface area contributed by atoms with Gasteiger partial charge in [0.2, 0.25) is 0 Å². The van der Waals surface area contributed by atoms with Crippen molar-refractivity contribution in [3.63, 3.8) is 0 Å². The van der Waals surface area contributed by atoms with Crippen molar-refractivity contribution < 1.29 is 19.4 Å². The number of aliphatic carboxylic acids is 1. The largest absolute Gasteiger partial charge is 0.482 e. The van der Waals surface area contributed by atoms with Crippen molar-refractivity contribution in [3.8, 4) is 5.75 Å². The summed E-state index contributed by atoms with van der Waals surface area (Å²) in [5, 5.41) is 12.5. The van der Waals surface area contributed by atoms with E-state index in [1.807, 2.05) is 0 Å². The van der Waals surface area contributed by atoms with Crippen molar-refractivity contribution >= 4 is 17.8 Å². The zero-order valence-corrected chi connectivity index (χ0v) is 11.4. The number of ketones is 1. The number of carboxylic acid groups (broad SMARTS) is 1. The Kier molecular flexibility index (Phi) is 4.50. The van der Waals surface area contributed by atoms with E-state index in [0.29, 0.717) is 11.3 Å². The summed E-state index contributed by atoms with van der Waals surface area (Å²) in [7, 11) is 1.80. The maximum atomic E-state index is 12.0. The third kappa shape index (κ3) is 4.31. The second-order valence-corrected chi connectivity index (χ2v) is 4.35. The summed E-state index contributed by atoms with van der Waals surface area (Å²) in [6.07, 6.45) is 6.60. The number of hydrogen-bond acceptors (Lipinski definition) is 4. The Balaban J connectivity index is 1.99. The molecular weight excluding hydrogens is 272 g/mol. The van der Waals surface area contributed by atoms with Gasteiger partial charge in [-0.2, -0.15) is 5.10 Å². The fourth-order valence-electron chi connectivity index (χ4n) is 1.65. The standard InChI is InChI=1S/C15H14N2O4/c1-17-9-11(8-16-17)2-7-14(18)12-3-5-13(6-4-12)21-10-15(19)20/h2-9H,10H2,1H3,(H,19,20). The van der Waals surface area contributed by atoms with E-state index in [2.05, 4.69) is 5.10 Å². The highest BCUT2D eigenvalue weighted by Crippen LogP contribution is 2.13. The Morgan fingerprint density at radius 3 is 2.62 bits per heavy atom. The Labute approximate surface area is 121 Å². The fourth-order valence-corrected chi connectivity index (χ4v) is 1.65. The van der Waals surface area contributed by atoms with Crippen molar-refractivity contribution in [2.75, 3.05) is 6.61 Å². The lowest BCUT2D eigenvalue weighted by Gasteiger charge is -2.03. The lowest BCUT2D eigenvalue weighted by molar-refractivity contribution is -0.139. The zero-order valence-electron chi connectivity index (χ0n) is 11.4. The van der Waals surface area contributed by atoms with Crippen LogP contribution in [0.15, 0.2) is 42.7 Å². The fraction of sp³-hybridized carbons (Fsp3) is 0.133. The van der Waals surface area contributed by atoms with Crippen molar-refractivity contribution in [2.24, 2.45) is 7.05 Å². The van der Waals surface area contributed by atoms with Gasteiger partial charge < -0.3 is 9.84 Å². The van der Waals surface area contributed by atoms with Gasteiger partial charge in [-0.15, -0.1) is 0 Å². The zero-order chi connectivity index (χ0) is 15.2. The summed E-state index contributed by atoms with van der Waals surface area (Å²) in [5.41, 5.74) is 1.34. The van der Waals surface area contributed by atoms with Gasteiger partial charge in [0, 0.05) is 24.4 Å². The molecule has 1 N–H and O–H groups in total. The van der Waals surface area contributed by atoms with Crippen LogP contribution in [0, 0.1) is 0 Å². The van der Waals surface area contributed by atoms with Crippen LogP contribution < -0.4 is 4.74 Å². The minimum Gasteiger partial charge on any atom is -0.482 e. The lowest BCUT2D eigenvalue weighted by Crippen LogP contribution is -2.09. The predicted molar refractivity (Wildman–Crippen MR) is 76.1 cm³/mol. The Bertz CT molecular complexity index is 671. The number of carbonyl (C=O) groups is 2. The second-order valence-electron chi connectivity index (χ2n) is 4.35. The quantitative estimate of drug-likeness (QED) is 0.646. The average Bonchev–Trinajstić information content (AvgIpc) is 2.89. The molecule has 0 radical (unpaired) electrons. The van der Waals surface area contributed by atoms with Crippen molar-refractivity contribution in [1.82, 2.24) is 9.78 Å². The van der Waals surface area contributed by atoms with Gasteiger partial charge in [0.25, 0.3) is 0 Å². The molecule has 0 fully saturated rings. The summed E-state index contributed by atoms with van der Waals surface area (Å²) in [6.45, 7) is -0.409. The van der Waals surface area contributed by atoms with E-state index in [1.165, 1.54) is 6.08 Å². The molecule has 0 spiro atoms. The highest BCUT2D eigenvalue weighted by molar-refractivity contribution is 6.06. The van der Waals surface area contributed by atoms with E-state index >= 15 is 0 Å². The minimum atomic E-state index is -1.05. The normalized spacial score (nSPS) is 10.7. The smallest absolute Gasteiger partial charge is 0.341 e. The van der Waals surface area contributed by atoms with Crippen molar-refractivity contribution in [1.29, 1.82) is 0 Å². The average molecular weight is 286 g/mol. The molecule has 1 aromatic carbocycles. The highest BCUT2D eigenvalue weighted by atomic mass is 16.5. The second kappa shape index (κ2) is 6.51. The summed E-state index contributed by atoms with van der Waals surface area (Å²) in [6, 6.07) is 6.31. The van der Waals surface area contributed by atoms with E-state index in [9.17, 15) is 9.59 Å². The number of rotatable bonds is 6. The molecule has 0 unspecified atom stereocenters. The van der Waals surface area contributed by atoms with E-state index < -0.39 is 12.6 Å². The summed E-state index contributed by atoms with van der Waals surface area (Å²) in [4.78, 5) is 22.3. The molecule has 0 amide bonds. The first-order chi connectivity index (χ1) is 10.0. The maximum absolute atomic E-state index is 12.0. The van der Waals surface area contributed by atoms with Gasteiger partial charge in [0.1, 0.15) is 5.75 Å². The first kappa shape index (κ1) is 14.5. The molecular formula is C15H14N2O4. The molecule has 0 aliphatic carbocycles. The number of carbonyl (C=O) groups excluding carboxylic acids is 1. The molecule has 0 aliphatic heterocycles. The van der Waals surface area contributed by atoms with Crippen LogP contribution in [0.3, 0.4) is 0 Å². The number of aromatic nitrogens is 2. The van der Waals surface area contributed by atoms with Crippen molar-refractivity contribution in [2.45, 2.75) is 0 Å².